The van der Waals surface area contributed by atoms with Crippen LogP contribution in [0.1, 0.15) is 20.8 Å². The number of hydrogen-bond acceptors (Lipinski definition) is 5. The lowest BCUT2D eigenvalue weighted by atomic mass is 10.1. The van der Waals surface area contributed by atoms with E-state index in [0.29, 0.717) is 13.2 Å². The van der Waals surface area contributed by atoms with Crippen LogP contribution in [0.15, 0.2) is 12.3 Å². The highest BCUT2D eigenvalue weighted by Gasteiger charge is 2.21. The molecule has 0 aromatic carbocycles. The fraction of sp³-hybridized carbons (Fsp3) is 0.583. The third-order valence-corrected chi connectivity index (χ3v) is 2.87. The van der Waals surface area contributed by atoms with Crippen molar-refractivity contribution in [3.05, 3.63) is 27.4 Å². The maximum atomic E-state index is 11.0. The lowest BCUT2D eigenvalue weighted by molar-refractivity contribution is -0.384. The van der Waals surface area contributed by atoms with Crippen LogP contribution in [0.4, 0.5) is 11.5 Å². The largest absolute Gasteiger partial charge is 0.380 e. The number of nitro groups is 1. The van der Waals surface area contributed by atoms with Gasteiger partial charge in [0.2, 0.25) is 5.82 Å². The predicted octanol–water partition coefficient (Wildman–Crippen LogP) is 3.12. The molecule has 1 N–H and O–H groups in total. The van der Waals surface area contributed by atoms with E-state index in [-0.39, 0.29) is 28.5 Å². The molecule has 6 nitrogen and oxygen atoms in total. The molecule has 1 atom stereocenters. The van der Waals surface area contributed by atoms with E-state index in [4.69, 9.17) is 16.3 Å². The summed E-state index contributed by atoms with van der Waals surface area (Å²) < 4.78 is 5.37. The Labute approximate surface area is 117 Å². The SMILES string of the molecule is CCOCC(Nc1ncc(Cl)cc1[N+](=O)[O-])C(C)C. The van der Waals surface area contributed by atoms with Gasteiger partial charge in [0.25, 0.3) is 0 Å². The molecule has 1 rings (SSSR count). The highest BCUT2D eigenvalue weighted by molar-refractivity contribution is 6.30. The molecule has 0 aliphatic heterocycles. The molecule has 19 heavy (non-hydrogen) atoms. The fourth-order valence-corrected chi connectivity index (χ4v) is 1.65. The molecule has 0 saturated heterocycles. The first-order valence-electron chi connectivity index (χ1n) is 6.09. The Kier molecular flexibility index (Phi) is 5.98. The van der Waals surface area contributed by atoms with E-state index in [1.54, 1.807) is 0 Å². The van der Waals surface area contributed by atoms with Crippen molar-refractivity contribution in [1.82, 2.24) is 4.98 Å². The molecule has 7 heteroatoms. The summed E-state index contributed by atoms with van der Waals surface area (Å²) in [4.78, 5) is 14.5. The maximum Gasteiger partial charge on any atom is 0.312 e. The summed E-state index contributed by atoms with van der Waals surface area (Å²) in [6.07, 6.45) is 1.38. The molecule has 0 bridgehead atoms. The molecule has 1 unspecified atom stereocenters. The predicted molar refractivity (Wildman–Crippen MR) is 74.6 cm³/mol. The minimum absolute atomic E-state index is 0.0488. The molecule has 0 radical (unpaired) electrons. The van der Waals surface area contributed by atoms with Crippen molar-refractivity contribution in [2.45, 2.75) is 26.8 Å². The number of pyridine rings is 1. The van der Waals surface area contributed by atoms with Crippen LogP contribution in [0.2, 0.25) is 5.02 Å². The zero-order valence-electron chi connectivity index (χ0n) is 11.2. The highest BCUT2D eigenvalue weighted by atomic mass is 35.5. The van der Waals surface area contributed by atoms with E-state index in [9.17, 15) is 10.1 Å². The molecular formula is C12H18ClN3O3. The van der Waals surface area contributed by atoms with E-state index in [1.165, 1.54) is 12.3 Å². The minimum Gasteiger partial charge on any atom is -0.380 e. The standard InChI is InChI=1S/C12H18ClN3O3/c1-4-19-7-10(8(2)3)15-12-11(16(17)18)5-9(13)6-14-12/h5-6,8,10H,4,7H2,1-3H3,(H,14,15). The van der Waals surface area contributed by atoms with Gasteiger partial charge in [-0.15, -0.1) is 0 Å². The third kappa shape index (κ3) is 4.65. The molecule has 1 aromatic heterocycles. The average molecular weight is 288 g/mol. The first-order chi connectivity index (χ1) is 8.95. The highest BCUT2D eigenvalue weighted by Crippen LogP contribution is 2.26. The summed E-state index contributed by atoms with van der Waals surface area (Å²) in [5.41, 5.74) is -0.130. The zero-order chi connectivity index (χ0) is 14.4. The molecule has 0 aliphatic rings. The van der Waals surface area contributed by atoms with Crippen molar-refractivity contribution in [2.24, 2.45) is 5.92 Å². The smallest absolute Gasteiger partial charge is 0.312 e. The van der Waals surface area contributed by atoms with E-state index in [0.717, 1.165) is 0 Å². The van der Waals surface area contributed by atoms with Crippen molar-refractivity contribution in [3.63, 3.8) is 0 Å². The van der Waals surface area contributed by atoms with Crippen LogP contribution >= 0.6 is 11.6 Å². The molecule has 1 aromatic rings. The fourth-order valence-electron chi connectivity index (χ4n) is 1.50. The number of nitrogens with zero attached hydrogens (tertiary/aromatic N) is 2. The maximum absolute atomic E-state index is 11.0. The monoisotopic (exact) mass is 287 g/mol. The second kappa shape index (κ2) is 7.25. The summed E-state index contributed by atoms with van der Waals surface area (Å²) in [5.74, 6) is 0.469. The average Bonchev–Trinajstić information content (AvgIpc) is 2.35. The zero-order valence-corrected chi connectivity index (χ0v) is 12.0. The van der Waals surface area contributed by atoms with Crippen LogP contribution < -0.4 is 5.32 Å². The van der Waals surface area contributed by atoms with Crippen LogP contribution in [-0.2, 0) is 4.74 Å². The summed E-state index contributed by atoms with van der Waals surface area (Å²) in [5, 5.41) is 14.3. The molecule has 0 fully saturated rings. The molecule has 1 heterocycles. The Morgan fingerprint density at radius 2 is 2.26 bits per heavy atom. The minimum atomic E-state index is -0.501. The second-order valence-electron chi connectivity index (χ2n) is 4.43. The van der Waals surface area contributed by atoms with Crippen molar-refractivity contribution in [2.75, 3.05) is 18.5 Å². The first-order valence-corrected chi connectivity index (χ1v) is 6.47. The van der Waals surface area contributed by atoms with Gasteiger partial charge < -0.3 is 10.1 Å². The molecule has 0 saturated carbocycles. The van der Waals surface area contributed by atoms with E-state index in [2.05, 4.69) is 10.3 Å². The lowest BCUT2D eigenvalue weighted by Gasteiger charge is -2.22. The number of nitrogens with one attached hydrogen (secondary N) is 1. The topological polar surface area (TPSA) is 77.3 Å². The molecule has 0 aliphatic carbocycles. The van der Waals surface area contributed by atoms with Gasteiger partial charge in [0, 0.05) is 18.9 Å². The van der Waals surface area contributed by atoms with Crippen LogP contribution in [-0.4, -0.2) is 29.2 Å². The molecule has 0 spiro atoms. The van der Waals surface area contributed by atoms with Gasteiger partial charge in [-0.3, -0.25) is 10.1 Å². The van der Waals surface area contributed by atoms with E-state index in [1.807, 2.05) is 20.8 Å². The Morgan fingerprint density at radius 1 is 1.58 bits per heavy atom. The lowest BCUT2D eigenvalue weighted by Crippen LogP contribution is -2.31. The summed E-state index contributed by atoms with van der Waals surface area (Å²) in [6.45, 7) is 6.99. The van der Waals surface area contributed by atoms with Gasteiger partial charge in [0.05, 0.1) is 22.6 Å². The first kappa shape index (κ1) is 15.7. The molecule has 0 amide bonds. The van der Waals surface area contributed by atoms with E-state index < -0.39 is 4.92 Å². The summed E-state index contributed by atoms with van der Waals surface area (Å²) in [6, 6.07) is 1.24. The summed E-state index contributed by atoms with van der Waals surface area (Å²) in [7, 11) is 0. The molecular weight excluding hydrogens is 270 g/mol. The number of hydrogen-bond donors (Lipinski definition) is 1. The number of halogens is 1. The number of rotatable bonds is 7. The quantitative estimate of drug-likeness (QED) is 0.616. The van der Waals surface area contributed by atoms with Gasteiger partial charge in [-0.1, -0.05) is 25.4 Å². The van der Waals surface area contributed by atoms with Crippen molar-refractivity contribution in [3.8, 4) is 0 Å². The van der Waals surface area contributed by atoms with Crippen molar-refractivity contribution in [1.29, 1.82) is 0 Å². The number of anilines is 1. The Morgan fingerprint density at radius 3 is 2.79 bits per heavy atom. The Balaban J connectivity index is 2.92. The van der Waals surface area contributed by atoms with Gasteiger partial charge in [-0.2, -0.15) is 0 Å². The van der Waals surface area contributed by atoms with Crippen LogP contribution in [0.3, 0.4) is 0 Å². The molecule has 106 valence electrons. The van der Waals surface area contributed by atoms with E-state index >= 15 is 0 Å². The second-order valence-corrected chi connectivity index (χ2v) is 4.87. The van der Waals surface area contributed by atoms with Crippen molar-refractivity contribution < 1.29 is 9.66 Å². The van der Waals surface area contributed by atoms with Gasteiger partial charge in [0.15, 0.2) is 0 Å². The van der Waals surface area contributed by atoms with Gasteiger partial charge in [-0.25, -0.2) is 4.98 Å². The van der Waals surface area contributed by atoms with Crippen LogP contribution in [0.5, 0.6) is 0 Å². The van der Waals surface area contributed by atoms with Crippen LogP contribution in [0.25, 0.3) is 0 Å². The summed E-state index contributed by atoms with van der Waals surface area (Å²) >= 11 is 5.72. The van der Waals surface area contributed by atoms with Crippen molar-refractivity contribution >= 4 is 23.1 Å². The number of ether oxygens (including phenoxy) is 1. The Hall–Kier alpha value is -1.40. The van der Waals surface area contributed by atoms with Gasteiger partial charge in [0.1, 0.15) is 0 Å². The Bertz CT molecular complexity index is 440. The van der Waals surface area contributed by atoms with Gasteiger partial charge >= 0.3 is 5.69 Å². The normalized spacial score (nSPS) is 12.5. The van der Waals surface area contributed by atoms with Crippen LogP contribution in [0, 0.1) is 16.0 Å². The number of aromatic nitrogens is 1. The third-order valence-electron chi connectivity index (χ3n) is 2.66. The van der Waals surface area contributed by atoms with Gasteiger partial charge in [-0.05, 0) is 12.8 Å².